The first-order valence-corrected chi connectivity index (χ1v) is 10.7. The molecule has 23 heavy (non-hydrogen) atoms. The highest BCUT2D eigenvalue weighted by molar-refractivity contribution is 9.24. The first kappa shape index (κ1) is 18.4. The largest absolute Gasteiger partial charge is 0.309 e. The number of halogens is 5. The van der Waals surface area contributed by atoms with Gasteiger partial charge < -0.3 is 5.32 Å². The highest BCUT2D eigenvalue weighted by Crippen LogP contribution is 2.82. The monoisotopic (exact) mass is 546 g/mol. The predicted molar refractivity (Wildman–Crippen MR) is 105 cm³/mol. The molecule has 0 radical (unpaired) electrons. The minimum atomic E-state index is -0.489. The van der Waals surface area contributed by atoms with Gasteiger partial charge in [-0.3, -0.25) is 4.79 Å². The molecule has 3 aliphatic carbocycles. The number of nitrogens with zero attached hydrogens (tertiary/aromatic N) is 1. The zero-order valence-corrected chi connectivity index (χ0v) is 18.7. The van der Waals surface area contributed by atoms with E-state index in [2.05, 4.69) is 71.9 Å². The number of carbonyl (C=O) groups excluding carboxylic acids is 1. The summed E-state index contributed by atoms with van der Waals surface area (Å²) in [6, 6.07) is 1.58. The number of amides is 1. The highest BCUT2D eigenvalue weighted by Gasteiger charge is 2.83. The van der Waals surface area contributed by atoms with Gasteiger partial charge >= 0.3 is 0 Å². The lowest BCUT2D eigenvalue weighted by Gasteiger charge is -2.66. The summed E-state index contributed by atoms with van der Waals surface area (Å²) in [4.78, 5) is 17.3. The van der Waals surface area contributed by atoms with E-state index >= 15 is 0 Å². The average molecular weight is 550 g/mol. The molecule has 1 aromatic heterocycles. The molecule has 1 N–H and O–H groups in total. The minimum Gasteiger partial charge on any atom is -0.309 e. The fourth-order valence-electron chi connectivity index (χ4n) is 4.42. The van der Waals surface area contributed by atoms with Gasteiger partial charge in [0, 0.05) is 16.4 Å². The molecule has 3 nitrogen and oxygen atoms in total. The van der Waals surface area contributed by atoms with Crippen molar-refractivity contribution in [2.45, 2.75) is 35.3 Å². The Labute approximate surface area is 170 Å². The summed E-state index contributed by atoms with van der Waals surface area (Å²) in [5, 5.41) is 3.68. The number of hydrogen-bond acceptors (Lipinski definition) is 2. The molecule has 3 aliphatic rings. The first-order chi connectivity index (χ1) is 10.6. The number of hydrogen-bond donors (Lipinski definition) is 1. The second-order valence-electron chi connectivity index (χ2n) is 6.74. The Morgan fingerprint density at radius 2 is 2.04 bits per heavy atom. The minimum absolute atomic E-state index is 0.0123. The Kier molecular flexibility index (Phi) is 4.67. The van der Waals surface area contributed by atoms with Gasteiger partial charge in [-0.15, -0.1) is 0 Å². The quantitative estimate of drug-likeness (QED) is 0.469. The van der Waals surface area contributed by atoms with Crippen LogP contribution in [0.1, 0.15) is 26.7 Å². The summed E-state index contributed by atoms with van der Waals surface area (Å²) in [5.74, 6) is 0.305. The van der Waals surface area contributed by atoms with Crippen LogP contribution in [0.2, 0.25) is 10.0 Å². The number of aromatic nitrogens is 1. The van der Waals surface area contributed by atoms with Crippen LogP contribution in [0, 0.1) is 16.2 Å². The number of nitrogens with one attached hydrogen (secondary N) is 1. The number of fused-ring (bicyclic) bond motifs is 1. The molecule has 2 bridgehead atoms. The van der Waals surface area contributed by atoms with E-state index in [-0.39, 0.29) is 25.3 Å². The fraction of sp³-hybridized carbons (Fsp3) is 0.600. The Morgan fingerprint density at radius 1 is 1.39 bits per heavy atom. The normalized spacial score (nSPS) is 34.3. The summed E-state index contributed by atoms with van der Waals surface area (Å²) >= 11 is 23.1. The van der Waals surface area contributed by atoms with Gasteiger partial charge in [0.05, 0.1) is 19.2 Å². The lowest BCUT2D eigenvalue weighted by atomic mass is 9.43. The molecule has 0 aliphatic heterocycles. The summed E-state index contributed by atoms with van der Waals surface area (Å²) in [6.07, 6.45) is 3.26. The van der Waals surface area contributed by atoms with Gasteiger partial charge in [0.15, 0.2) is 5.82 Å². The molecule has 3 saturated carbocycles. The standard InChI is InChI=1S/C15H15Br3Cl2N2O/c1-13(2)14(11(17)18)3-4-15(13,10(14)16)12(23)22-9-8(20)5-7(19)6-21-9/h5-6,10-11H,3-4H2,1-2H3,(H,21,22,23)/t10-,14+,15-/m1/s1. The second kappa shape index (κ2) is 5.83. The topological polar surface area (TPSA) is 42.0 Å². The number of anilines is 1. The number of rotatable bonds is 3. The summed E-state index contributed by atoms with van der Waals surface area (Å²) in [7, 11) is 0. The Balaban J connectivity index is 1.92. The SMILES string of the molecule is CC1(C)[C@]2(C(=O)Nc3ncc(Cl)cc3Cl)CC[C@@]1(C(Br)Br)[C@H]2Br. The molecule has 0 unspecified atom stereocenters. The molecule has 3 atom stereocenters. The van der Waals surface area contributed by atoms with Crippen LogP contribution < -0.4 is 5.32 Å². The Bertz CT molecular complexity index is 685. The summed E-state index contributed by atoms with van der Waals surface area (Å²) < 4.78 is 0.141. The highest BCUT2D eigenvalue weighted by atomic mass is 79.9. The average Bonchev–Trinajstić information content (AvgIpc) is 2.91. The van der Waals surface area contributed by atoms with Crippen molar-refractivity contribution < 1.29 is 4.79 Å². The van der Waals surface area contributed by atoms with Crippen LogP contribution in [0.15, 0.2) is 12.3 Å². The van der Waals surface area contributed by atoms with Crippen molar-refractivity contribution in [1.29, 1.82) is 0 Å². The smallest absolute Gasteiger partial charge is 0.233 e. The van der Waals surface area contributed by atoms with Crippen molar-refractivity contribution in [3.8, 4) is 0 Å². The fourth-order valence-corrected chi connectivity index (χ4v) is 9.77. The molecule has 3 fully saturated rings. The molecule has 126 valence electrons. The van der Waals surface area contributed by atoms with Gasteiger partial charge in [0.2, 0.25) is 5.91 Å². The molecule has 0 aromatic carbocycles. The third kappa shape index (κ3) is 2.17. The number of alkyl halides is 3. The van der Waals surface area contributed by atoms with E-state index in [0.29, 0.717) is 15.9 Å². The van der Waals surface area contributed by atoms with E-state index in [1.165, 1.54) is 6.20 Å². The molecule has 0 saturated heterocycles. The third-order valence-electron chi connectivity index (χ3n) is 5.93. The van der Waals surface area contributed by atoms with Gasteiger partial charge in [-0.25, -0.2) is 4.98 Å². The van der Waals surface area contributed by atoms with E-state index in [1.807, 2.05) is 0 Å². The first-order valence-electron chi connectivity index (χ1n) is 7.16. The van der Waals surface area contributed by atoms with E-state index in [1.54, 1.807) is 6.07 Å². The zero-order chi connectivity index (χ0) is 17.2. The van der Waals surface area contributed by atoms with E-state index in [4.69, 9.17) is 23.2 Å². The molecular formula is C15H15Br3Cl2N2O. The zero-order valence-electron chi connectivity index (χ0n) is 12.5. The molecule has 8 heteroatoms. The van der Waals surface area contributed by atoms with Crippen LogP contribution in [-0.2, 0) is 4.79 Å². The van der Waals surface area contributed by atoms with Crippen LogP contribution in [0.25, 0.3) is 0 Å². The Morgan fingerprint density at radius 3 is 2.52 bits per heavy atom. The van der Waals surface area contributed by atoms with E-state index in [0.717, 1.165) is 12.8 Å². The number of pyridine rings is 1. The van der Waals surface area contributed by atoms with Crippen molar-refractivity contribution in [2.24, 2.45) is 16.2 Å². The lowest BCUT2D eigenvalue weighted by Crippen LogP contribution is -2.71. The van der Waals surface area contributed by atoms with Crippen molar-refractivity contribution in [3.05, 3.63) is 22.3 Å². The van der Waals surface area contributed by atoms with Crippen molar-refractivity contribution in [1.82, 2.24) is 4.98 Å². The van der Waals surface area contributed by atoms with E-state index in [9.17, 15) is 4.79 Å². The molecule has 1 aromatic rings. The summed E-state index contributed by atoms with van der Waals surface area (Å²) in [6.45, 7) is 4.31. The maximum absolute atomic E-state index is 13.1. The molecular weight excluding hydrogens is 535 g/mol. The van der Waals surface area contributed by atoms with Gasteiger partial charge in [-0.05, 0) is 24.3 Å². The number of carbonyl (C=O) groups is 1. The molecule has 1 heterocycles. The van der Waals surface area contributed by atoms with Gasteiger partial charge in [0.25, 0.3) is 0 Å². The molecule has 4 rings (SSSR count). The van der Waals surface area contributed by atoms with Crippen LogP contribution in [-0.4, -0.2) is 19.5 Å². The second-order valence-corrected chi connectivity index (χ2v) is 11.6. The maximum atomic E-state index is 13.1. The molecule has 1 amide bonds. The predicted octanol–water partition coefficient (Wildman–Crippen LogP) is 6.01. The third-order valence-corrected chi connectivity index (χ3v) is 9.66. The van der Waals surface area contributed by atoms with Crippen molar-refractivity contribution in [2.75, 3.05) is 5.32 Å². The van der Waals surface area contributed by atoms with E-state index < -0.39 is 5.41 Å². The van der Waals surface area contributed by atoms with Crippen LogP contribution >= 0.6 is 71.0 Å². The van der Waals surface area contributed by atoms with Crippen LogP contribution in [0.4, 0.5) is 5.82 Å². The lowest BCUT2D eigenvalue weighted by molar-refractivity contribution is -0.155. The van der Waals surface area contributed by atoms with Crippen LogP contribution in [0.5, 0.6) is 0 Å². The maximum Gasteiger partial charge on any atom is 0.233 e. The molecule has 0 spiro atoms. The van der Waals surface area contributed by atoms with Crippen molar-refractivity contribution in [3.63, 3.8) is 0 Å². The van der Waals surface area contributed by atoms with Crippen LogP contribution in [0.3, 0.4) is 0 Å². The van der Waals surface area contributed by atoms with Gasteiger partial charge in [-0.1, -0.05) is 84.8 Å². The van der Waals surface area contributed by atoms with Crippen molar-refractivity contribution >= 4 is 82.7 Å². The van der Waals surface area contributed by atoms with Gasteiger partial charge in [-0.2, -0.15) is 0 Å². The van der Waals surface area contributed by atoms with Gasteiger partial charge in [0.1, 0.15) is 0 Å². The Hall–Kier alpha value is 0.640. The summed E-state index contributed by atoms with van der Waals surface area (Å²) in [5.41, 5.74) is -0.673.